The van der Waals surface area contributed by atoms with E-state index in [9.17, 15) is 13.2 Å². The molecule has 1 amide bonds. The molecular weight excluding hydrogens is 535 g/mol. The minimum Gasteiger partial charge on any atom is -0.354 e. The van der Waals surface area contributed by atoms with E-state index in [1.165, 1.54) is 18.2 Å². The van der Waals surface area contributed by atoms with E-state index in [0.717, 1.165) is 21.2 Å². The zero-order valence-corrected chi connectivity index (χ0v) is 22.2. The number of carbonyl (C=O) groups is 1. The molecule has 0 aliphatic rings. The molecule has 0 atom stereocenters. The van der Waals surface area contributed by atoms with Crippen molar-refractivity contribution in [2.75, 3.05) is 23.1 Å². The molecule has 0 aromatic heterocycles. The highest BCUT2D eigenvalue weighted by Gasteiger charge is 2.29. The third kappa shape index (κ3) is 7.06. The normalized spacial score (nSPS) is 11.3. The molecule has 5 nitrogen and oxygen atoms in total. The van der Waals surface area contributed by atoms with Crippen LogP contribution in [-0.2, 0) is 20.6 Å². The highest BCUT2D eigenvalue weighted by Crippen LogP contribution is 2.35. The van der Waals surface area contributed by atoms with Gasteiger partial charge >= 0.3 is 0 Å². The van der Waals surface area contributed by atoms with Crippen LogP contribution < -0.4 is 9.62 Å². The molecule has 1 N–H and O–H groups in total. The molecule has 0 bridgehead atoms. The first-order chi connectivity index (χ1) is 16.2. The predicted molar refractivity (Wildman–Crippen MR) is 143 cm³/mol. The van der Waals surface area contributed by atoms with Crippen LogP contribution in [0.2, 0.25) is 15.1 Å². The second-order valence-corrected chi connectivity index (χ2v) is 11.6. The topological polar surface area (TPSA) is 66.5 Å². The molecule has 3 aromatic carbocycles. The monoisotopic (exact) mass is 556 g/mol. The number of halogens is 3. The SMILES string of the molecule is Cc1ccc(S(=O)(=O)N(CC(=O)NCCSCc2ccc(Cl)cc2)c2cccc(Cl)c2Cl)cc1. The van der Waals surface area contributed by atoms with Crippen LogP contribution in [0.25, 0.3) is 0 Å². The molecule has 0 radical (unpaired) electrons. The summed E-state index contributed by atoms with van der Waals surface area (Å²) in [4.78, 5) is 12.8. The number of aryl methyl sites for hydroxylation is 1. The van der Waals surface area contributed by atoms with Crippen LogP contribution in [0.1, 0.15) is 11.1 Å². The number of amides is 1. The number of rotatable bonds is 10. The zero-order chi connectivity index (χ0) is 24.7. The summed E-state index contributed by atoms with van der Waals surface area (Å²) in [5.74, 6) is 0.995. The Morgan fingerprint density at radius 1 is 0.971 bits per heavy atom. The van der Waals surface area contributed by atoms with Crippen LogP contribution in [0.3, 0.4) is 0 Å². The number of carbonyl (C=O) groups excluding carboxylic acids is 1. The van der Waals surface area contributed by atoms with Crippen LogP contribution in [0.5, 0.6) is 0 Å². The molecular formula is C24H23Cl3N2O3S2. The standard InChI is InChI=1S/C24H23Cl3N2O3S2/c1-17-5-11-20(12-6-17)34(31,32)29(22-4-2-3-21(26)24(22)27)15-23(30)28-13-14-33-16-18-7-9-19(25)10-8-18/h2-12H,13-16H2,1H3,(H,28,30). The van der Waals surface area contributed by atoms with Crippen molar-refractivity contribution in [3.8, 4) is 0 Å². The van der Waals surface area contributed by atoms with Gasteiger partial charge in [0.25, 0.3) is 10.0 Å². The number of thioether (sulfide) groups is 1. The minimum atomic E-state index is -4.07. The quantitative estimate of drug-likeness (QED) is 0.301. The van der Waals surface area contributed by atoms with Crippen molar-refractivity contribution in [2.45, 2.75) is 17.6 Å². The van der Waals surface area contributed by atoms with E-state index in [2.05, 4.69) is 5.32 Å². The average molecular weight is 558 g/mol. The Kier molecular flexibility index (Phi) is 9.56. The lowest BCUT2D eigenvalue weighted by Crippen LogP contribution is -2.41. The maximum absolute atomic E-state index is 13.4. The average Bonchev–Trinajstić information content (AvgIpc) is 2.81. The van der Waals surface area contributed by atoms with E-state index in [-0.39, 0.29) is 20.6 Å². The molecule has 0 unspecified atom stereocenters. The van der Waals surface area contributed by atoms with Crippen LogP contribution in [0.15, 0.2) is 71.6 Å². The molecule has 34 heavy (non-hydrogen) atoms. The lowest BCUT2D eigenvalue weighted by atomic mass is 10.2. The van der Waals surface area contributed by atoms with E-state index in [1.807, 2.05) is 31.2 Å². The lowest BCUT2D eigenvalue weighted by Gasteiger charge is -2.25. The Bertz CT molecular complexity index is 1240. The molecule has 3 aromatic rings. The minimum absolute atomic E-state index is 0.0560. The molecule has 0 heterocycles. The summed E-state index contributed by atoms with van der Waals surface area (Å²) in [6.07, 6.45) is 0. The van der Waals surface area contributed by atoms with Crippen LogP contribution in [0.4, 0.5) is 5.69 Å². The number of benzene rings is 3. The summed E-state index contributed by atoms with van der Waals surface area (Å²) in [5, 5.41) is 3.73. The smallest absolute Gasteiger partial charge is 0.264 e. The summed E-state index contributed by atoms with van der Waals surface area (Å²) in [6, 6.07) is 18.7. The van der Waals surface area contributed by atoms with Crippen molar-refractivity contribution in [1.29, 1.82) is 0 Å². The summed E-state index contributed by atoms with van der Waals surface area (Å²) >= 11 is 20.0. The Hall–Kier alpha value is -1.90. The van der Waals surface area contributed by atoms with Gasteiger partial charge in [-0.2, -0.15) is 11.8 Å². The van der Waals surface area contributed by atoms with Gasteiger partial charge in [0, 0.05) is 23.1 Å². The van der Waals surface area contributed by atoms with Crippen molar-refractivity contribution in [3.05, 3.63) is 92.9 Å². The molecule has 0 spiro atoms. The third-order valence-electron chi connectivity index (χ3n) is 4.85. The third-order valence-corrected chi connectivity index (χ3v) is 8.71. The fourth-order valence-electron chi connectivity index (χ4n) is 3.04. The van der Waals surface area contributed by atoms with Crippen molar-refractivity contribution < 1.29 is 13.2 Å². The number of anilines is 1. The first-order valence-corrected chi connectivity index (χ1v) is 14.0. The van der Waals surface area contributed by atoms with E-state index >= 15 is 0 Å². The fraction of sp³-hybridized carbons (Fsp3) is 0.208. The second-order valence-electron chi connectivity index (χ2n) is 7.43. The van der Waals surface area contributed by atoms with Gasteiger partial charge in [-0.25, -0.2) is 8.42 Å². The highest BCUT2D eigenvalue weighted by atomic mass is 35.5. The first kappa shape index (κ1) is 26.7. The van der Waals surface area contributed by atoms with Gasteiger partial charge in [0.05, 0.1) is 20.6 Å². The molecule has 0 aliphatic heterocycles. The van der Waals surface area contributed by atoms with Crippen LogP contribution >= 0.6 is 46.6 Å². The number of nitrogens with one attached hydrogen (secondary N) is 1. The van der Waals surface area contributed by atoms with Crippen molar-refractivity contribution >= 4 is 68.2 Å². The largest absolute Gasteiger partial charge is 0.354 e. The summed E-state index contributed by atoms with van der Waals surface area (Å²) in [7, 11) is -4.07. The summed E-state index contributed by atoms with van der Waals surface area (Å²) in [6.45, 7) is 1.82. The van der Waals surface area contributed by atoms with Gasteiger partial charge in [-0.3, -0.25) is 9.10 Å². The van der Waals surface area contributed by atoms with Gasteiger partial charge in [0.15, 0.2) is 0 Å². The number of hydrogen-bond acceptors (Lipinski definition) is 4. The summed E-state index contributed by atoms with van der Waals surface area (Å²) < 4.78 is 27.8. The lowest BCUT2D eigenvalue weighted by molar-refractivity contribution is -0.119. The second kappa shape index (κ2) is 12.2. The van der Waals surface area contributed by atoms with Gasteiger partial charge in [-0.15, -0.1) is 0 Å². The Morgan fingerprint density at radius 2 is 1.65 bits per heavy atom. The molecule has 0 saturated heterocycles. The maximum Gasteiger partial charge on any atom is 0.264 e. The van der Waals surface area contributed by atoms with Gasteiger partial charge in [-0.05, 0) is 48.9 Å². The van der Waals surface area contributed by atoms with Crippen LogP contribution in [-0.4, -0.2) is 33.2 Å². The summed E-state index contributed by atoms with van der Waals surface area (Å²) in [5.41, 5.74) is 2.19. The maximum atomic E-state index is 13.4. The fourth-order valence-corrected chi connectivity index (χ4v) is 5.87. The van der Waals surface area contributed by atoms with Crippen molar-refractivity contribution in [3.63, 3.8) is 0 Å². The highest BCUT2D eigenvalue weighted by molar-refractivity contribution is 7.98. The molecule has 0 saturated carbocycles. The van der Waals surface area contributed by atoms with Crippen LogP contribution in [0, 0.1) is 6.92 Å². The van der Waals surface area contributed by atoms with Crippen molar-refractivity contribution in [1.82, 2.24) is 5.32 Å². The Balaban J connectivity index is 1.68. The number of hydrogen-bond donors (Lipinski definition) is 1. The zero-order valence-electron chi connectivity index (χ0n) is 18.3. The Labute approximate surface area is 219 Å². The molecule has 10 heteroatoms. The Morgan fingerprint density at radius 3 is 2.32 bits per heavy atom. The predicted octanol–water partition coefficient (Wildman–Crippen LogP) is 6.20. The molecule has 3 rings (SSSR count). The van der Waals surface area contributed by atoms with Gasteiger partial charge in [0.1, 0.15) is 6.54 Å². The van der Waals surface area contributed by atoms with Gasteiger partial charge in [0.2, 0.25) is 5.91 Å². The number of sulfonamides is 1. The van der Waals surface area contributed by atoms with E-state index in [1.54, 1.807) is 36.0 Å². The molecule has 180 valence electrons. The molecule has 0 aliphatic carbocycles. The molecule has 0 fully saturated rings. The van der Waals surface area contributed by atoms with Crippen molar-refractivity contribution in [2.24, 2.45) is 0 Å². The van der Waals surface area contributed by atoms with E-state index < -0.39 is 22.5 Å². The number of nitrogens with zero attached hydrogens (tertiary/aromatic N) is 1. The van der Waals surface area contributed by atoms with E-state index in [0.29, 0.717) is 17.3 Å². The van der Waals surface area contributed by atoms with Gasteiger partial charge in [-0.1, -0.05) is 70.7 Å². The van der Waals surface area contributed by atoms with Gasteiger partial charge < -0.3 is 5.32 Å². The first-order valence-electron chi connectivity index (χ1n) is 10.3. The van der Waals surface area contributed by atoms with E-state index in [4.69, 9.17) is 34.8 Å².